The van der Waals surface area contributed by atoms with E-state index in [-0.39, 0.29) is 40.8 Å². The molecule has 1 saturated carbocycles. The molecule has 4 N–H and O–H groups in total. The van der Waals surface area contributed by atoms with Crippen LogP contribution in [0.25, 0.3) is 0 Å². The number of tetrazole rings is 1. The molecule has 1 aliphatic carbocycles. The number of terminal acetylenes is 1. The molecule has 1 saturated heterocycles. The zero-order valence-electron chi connectivity index (χ0n) is 20.2. The number of nitrogens with one attached hydrogen (secondary N) is 1. The van der Waals surface area contributed by atoms with E-state index in [0.29, 0.717) is 16.5 Å². The summed E-state index contributed by atoms with van der Waals surface area (Å²) in [7, 11) is 0. The molecule has 0 radical (unpaired) electrons. The number of aliphatic carboxylic acids is 1. The molecule has 1 unspecified atom stereocenters. The highest BCUT2D eigenvalue weighted by atomic mass is 32.2. The molecule has 2 aromatic heterocycles. The van der Waals surface area contributed by atoms with E-state index in [1.165, 1.54) is 33.1 Å². The van der Waals surface area contributed by atoms with Crippen LogP contribution in [0.5, 0.6) is 0 Å². The number of aromatic nitrogens is 6. The third-order valence-electron chi connectivity index (χ3n) is 6.12. The van der Waals surface area contributed by atoms with Crippen LogP contribution in [0.3, 0.4) is 0 Å². The second kappa shape index (κ2) is 11.6. The summed E-state index contributed by atoms with van der Waals surface area (Å²) in [6, 6.07) is -0.971. The number of nitrogen functional groups attached to an aromatic ring is 1. The highest BCUT2D eigenvalue weighted by Crippen LogP contribution is 2.41. The van der Waals surface area contributed by atoms with Gasteiger partial charge in [-0.3, -0.25) is 14.5 Å². The van der Waals surface area contributed by atoms with Crippen LogP contribution in [0.15, 0.2) is 21.6 Å². The lowest BCUT2D eigenvalue weighted by atomic mass is 10.0. The Morgan fingerprint density at radius 2 is 2.15 bits per heavy atom. The Balaban J connectivity index is 1.30. The van der Waals surface area contributed by atoms with Gasteiger partial charge in [0.05, 0.1) is 0 Å². The maximum atomic E-state index is 13.2. The minimum absolute atomic E-state index is 0.00877. The van der Waals surface area contributed by atoms with E-state index in [9.17, 15) is 19.5 Å². The number of thioether (sulfide) groups is 2. The summed E-state index contributed by atoms with van der Waals surface area (Å²) in [4.78, 5) is 49.3. The van der Waals surface area contributed by atoms with Crippen molar-refractivity contribution in [3.63, 3.8) is 0 Å². The minimum Gasteiger partial charge on any atom is -0.477 e. The molecule has 0 bridgehead atoms. The van der Waals surface area contributed by atoms with Gasteiger partial charge in [0.25, 0.3) is 11.8 Å². The Labute approximate surface area is 234 Å². The van der Waals surface area contributed by atoms with Gasteiger partial charge >= 0.3 is 5.97 Å². The molecular formula is C21H22N10O5S3. The lowest BCUT2D eigenvalue weighted by Crippen LogP contribution is -2.71. The van der Waals surface area contributed by atoms with Gasteiger partial charge in [0.15, 0.2) is 5.13 Å². The smallest absolute Gasteiger partial charge is 0.352 e. The average Bonchev–Trinajstić information content (AvgIpc) is 3.69. The number of anilines is 1. The van der Waals surface area contributed by atoms with Crippen LogP contribution in [0.2, 0.25) is 0 Å². The summed E-state index contributed by atoms with van der Waals surface area (Å²) < 4.78 is 5.48. The van der Waals surface area contributed by atoms with E-state index >= 15 is 0 Å². The molecule has 2 aromatic rings. The van der Waals surface area contributed by atoms with Crippen LogP contribution in [0.1, 0.15) is 31.5 Å². The van der Waals surface area contributed by atoms with Crippen molar-refractivity contribution in [2.24, 2.45) is 5.16 Å². The summed E-state index contributed by atoms with van der Waals surface area (Å²) in [5, 5.41) is 27.9. The number of hydrogen-bond donors (Lipinski definition) is 3. The first-order valence-corrected chi connectivity index (χ1v) is 14.5. The number of amides is 2. The van der Waals surface area contributed by atoms with Crippen LogP contribution in [-0.4, -0.2) is 92.1 Å². The van der Waals surface area contributed by atoms with Gasteiger partial charge in [-0.2, -0.15) is 9.36 Å². The molecule has 39 heavy (non-hydrogen) atoms. The zero-order valence-corrected chi connectivity index (χ0v) is 22.7. The summed E-state index contributed by atoms with van der Waals surface area (Å²) >= 11 is 3.46. The standard InChI is InChI=1S/C21H22N10O5S3/c1-2-7-30-21(25-28-29-30)38-9-10-8-37-18-13(17(33)31(18)14(10)19(34)35)23-16(32)12(15-24-20(22)39-27-15)26-36-11-5-3-4-6-11/h1,11,13,18H,3-9H2,(H,23,32)(H,34,35)(H2,22,24,27)/t13?,18-/m0/s1. The maximum absolute atomic E-state index is 13.2. The van der Waals surface area contributed by atoms with Crippen molar-refractivity contribution in [3.8, 4) is 12.3 Å². The van der Waals surface area contributed by atoms with Gasteiger partial charge in [0, 0.05) is 23.0 Å². The number of oxime groups is 1. The fourth-order valence-electron chi connectivity index (χ4n) is 4.28. The van der Waals surface area contributed by atoms with Gasteiger partial charge in [-0.05, 0) is 41.7 Å². The fraction of sp³-hybridized carbons (Fsp3) is 0.476. The first-order chi connectivity index (χ1) is 18.9. The van der Waals surface area contributed by atoms with Crippen molar-refractivity contribution in [1.29, 1.82) is 0 Å². The molecule has 2 atom stereocenters. The summed E-state index contributed by atoms with van der Waals surface area (Å²) in [5.74, 6) is 0.477. The van der Waals surface area contributed by atoms with Crippen LogP contribution in [-0.2, 0) is 25.8 Å². The molecule has 2 fully saturated rings. The van der Waals surface area contributed by atoms with Crippen molar-refractivity contribution >= 4 is 63.7 Å². The van der Waals surface area contributed by atoms with Crippen molar-refractivity contribution < 1.29 is 24.3 Å². The largest absolute Gasteiger partial charge is 0.477 e. The number of β-lactam (4-membered cyclic amide) rings is 1. The summed E-state index contributed by atoms with van der Waals surface area (Å²) in [6.45, 7) is 0.170. The quantitative estimate of drug-likeness (QED) is 0.109. The van der Waals surface area contributed by atoms with E-state index < -0.39 is 29.2 Å². The van der Waals surface area contributed by atoms with Crippen LogP contribution < -0.4 is 11.1 Å². The Morgan fingerprint density at radius 3 is 2.85 bits per heavy atom. The predicted octanol–water partition coefficient (Wildman–Crippen LogP) is -0.0658. The Hall–Kier alpha value is -3.69. The number of fused-ring (bicyclic) bond motifs is 1. The van der Waals surface area contributed by atoms with Crippen LogP contribution >= 0.6 is 35.1 Å². The fourth-order valence-corrected chi connectivity index (χ4v) is 7.07. The van der Waals surface area contributed by atoms with Gasteiger partial charge < -0.3 is 21.0 Å². The number of carbonyl (C=O) groups excluding carboxylic acids is 2. The molecule has 3 aliphatic rings. The molecule has 15 nitrogen and oxygen atoms in total. The van der Waals surface area contributed by atoms with E-state index in [1.54, 1.807) is 0 Å². The molecule has 204 valence electrons. The maximum Gasteiger partial charge on any atom is 0.352 e. The second-order valence-electron chi connectivity index (χ2n) is 8.64. The highest BCUT2D eigenvalue weighted by Gasteiger charge is 2.54. The van der Waals surface area contributed by atoms with Gasteiger partial charge in [0.2, 0.25) is 16.7 Å². The Bertz CT molecular complexity index is 1390. The third kappa shape index (κ3) is 5.55. The van der Waals surface area contributed by atoms with Gasteiger partial charge in [0.1, 0.15) is 29.8 Å². The molecular weight excluding hydrogens is 568 g/mol. The second-order valence-corrected chi connectivity index (χ2v) is 11.5. The first kappa shape index (κ1) is 26.9. The number of nitrogens with two attached hydrogens (primary N) is 1. The van der Waals surface area contributed by atoms with Crippen molar-refractivity contribution in [2.45, 2.75) is 54.9 Å². The summed E-state index contributed by atoms with van der Waals surface area (Å²) in [5.41, 5.74) is 5.90. The number of rotatable bonds is 10. The minimum atomic E-state index is -1.24. The number of carbonyl (C=O) groups is 3. The zero-order chi connectivity index (χ0) is 27.5. The van der Waals surface area contributed by atoms with E-state index in [0.717, 1.165) is 37.2 Å². The lowest BCUT2D eigenvalue weighted by molar-refractivity contribution is -0.150. The SMILES string of the molecule is C#CCn1nnnc1SCC1=C(C(=O)O)N2C(=O)C(NC(=O)C(=NOC3CCCC3)c3nsc(N)n3)[C@@H]2SC1. The third-order valence-corrected chi connectivity index (χ3v) is 9.04. The monoisotopic (exact) mass is 590 g/mol. The van der Waals surface area contributed by atoms with Crippen molar-refractivity contribution in [2.75, 3.05) is 17.2 Å². The molecule has 2 amide bonds. The molecule has 5 rings (SSSR count). The molecule has 0 aromatic carbocycles. The normalized spacial score (nSPS) is 21.4. The predicted molar refractivity (Wildman–Crippen MR) is 141 cm³/mol. The lowest BCUT2D eigenvalue weighted by Gasteiger charge is -2.49. The van der Waals surface area contributed by atoms with E-state index in [4.69, 9.17) is 17.0 Å². The van der Waals surface area contributed by atoms with Crippen LogP contribution in [0, 0.1) is 12.3 Å². The number of carboxylic acids is 1. The first-order valence-electron chi connectivity index (χ1n) is 11.7. The molecule has 2 aliphatic heterocycles. The average molecular weight is 591 g/mol. The number of carboxylic acid groups (broad SMARTS) is 1. The van der Waals surface area contributed by atoms with Crippen LogP contribution in [0.4, 0.5) is 5.13 Å². The van der Waals surface area contributed by atoms with Gasteiger partial charge in [-0.25, -0.2) is 9.48 Å². The topological polar surface area (TPSA) is 204 Å². The van der Waals surface area contributed by atoms with Gasteiger partial charge in [-0.1, -0.05) is 22.8 Å². The molecule has 18 heteroatoms. The Kier molecular flexibility index (Phi) is 7.99. The van der Waals surface area contributed by atoms with E-state index in [1.807, 2.05) is 0 Å². The van der Waals surface area contributed by atoms with Crippen molar-refractivity contribution in [3.05, 3.63) is 17.1 Å². The van der Waals surface area contributed by atoms with Gasteiger partial charge in [-0.15, -0.1) is 23.3 Å². The molecule has 4 heterocycles. The molecule has 0 spiro atoms. The Morgan fingerprint density at radius 1 is 1.36 bits per heavy atom. The van der Waals surface area contributed by atoms with E-state index in [2.05, 4.69) is 41.3 Å². The van der Waals surface area contributed by atoms with Crippen molar-refractivity contribution in [1.82, 2.24) is 39.8 Å². The number of hydrogen-bond acceptors (Lipinski definition) is 14. The highest BCUT2D eigenvalue weighted by molar-refractivity contribution is 8.01. The summed E-state index contributed by atoms with van der Waals surface area (Å²) in [6.07, 6.45) is 8.88. The number of nitrogens with zero attached hydrogens (tertiary/aromatic N) is 8.